The molecule has 3 rings (SSSR count). The Hall–Kier alpha value is -3.75. The van der Waals surface area contributed by atoms with Gasteiger partial charge in [-0.1, -0.05) is 36.4 Å². The maximum absolute atomic E-state index is 12.3. The molecule has 1 aromatic heterocycles. The number of carbonyl (C=O) groups is 2. The molecule has 0 atom stereocenters. The smallest absolute Gasteiger partial charge is 0.317 e. The molecule has 1 heterocycles. The van der Waals surface area contributed by atoms with Crippen LogP contribution in [0, 0.1) is 13.8 Å². The van der Waals surface area contributed by atoms with Gasteiger partial charge in [0.05, 0.1) is 5.69 Å². The van der Waals surface area contributed by atoms with Crippen molar-refractivity contribution in [2.75, 3.05) is 18.9 Å². The Morgan fingerprint density at radius 1 is 1.10 bits per heavy atom. The molecule has 9 heteroatoms. The van der Waals surface area contributed by atoms with Crippen LogP contribution in [0.15, 0.2) is 48.5 Å². The summed E-state index contributed by atoms with van der Waals surface area (Å²) in [5, 5.41) is 17.1. The summed E-state index contributed by atoms with van der Waals surface area (Å²) in [6.07, 6.45) is 0.165. The van der Waals surface area contributed by atoms with Gasteiger partial charge in [-0.15, -0.1) is 5.10 Å². The molecule has 0 bridgehead atoms. The van der Waals surface area contributed by atoms with Crippen LogP contribution < -0.4 is 10.6 Å². The molecule has 9 nitrogen and oxygen atoms in total. The maximum Gasteiger partial charge on any atom is 0.317 e. The van der Waals surface area contributed by atoms with Gasteiger partial charge in [-0.05, 0) is 47.5 Å². The van der Waals surface area contributed by atoms with Gasteiger partial charge >= 0.3 is 6.03 Å². The fourth-order valence-electron chi connectivity index (χ4n) is 2.94. The highest BCUT2D eigenvalue weighted by molar-refractivity contribution is 5.91. The fraction of sp³-hybridized carbons (Fsp3) is 0.286. The van der Waals surface area contributed by atoms with Gasteiger partial charge in [0.25, 0.3) is 0 Å². The van der Waals surface area contributed by atoms with Gasteiger partial charge in [0.1, 0.15) is 0 Å². The number of aromatic nitrogens is 4. The Morgan fingerprint density at radius 3 is 2.57 bits per heavy atom. The third-order valence-electron chi connectivity index (χ3n) is 4.58. The van der Waals surface area contributed by atoms with Crippen LogP contribution >= 0.6 is 0 Å². The SMILES string of the molecule is Cc1ccc(NC(=O)CCNC(=O)N(C)Cc2ccccc2)cc1-n1nnnc1C. The highest BCUT2D eigenvalue weighted by Gasteiger charge is 2.11. The fourth-order valence-corrected chi connectivity index (χ4v) is 2.94. The Morgan fingerprint density at radius 2 is 1.87 bits per heavy atom. The van der Waals surface area contributed by atoms with Crippen LogP contribution in [0.1, 0.15) is 23.4 Å². The largest absolute Gasteiger partial charge is 0.337 e. The molecule has 0 unspecified atom stereocenters. The molecule has 0 aliphatic rings. The van der Waals surface area contributed by atoms with E-state index in [0.29, 0.717) is 18.1 Å². The molecule has 0 saturated heterocycles. The number of nitrogens with zero attached hydrogens (tertiary/aromatic N) is 5. The number of anilines is 1. The van der Waals surface area contributed by atoms with Crippen molar-refractivity contribution in [3.05, 3.63) is 65.5 Å². The molecule has 3 aromatic rings. The number of carbonyl (C=O) groups excluding carboxylic acids is 2. The van der Waals surface area contributed by atoms with E-state index in [1.54, 1.807) is 16.6 Å². The number of hydrogen-bond donors (Lipinski definition) is 2. The van der Waals surface area contributed by atoms with Gasteiger partial charge in [0.2, 0.25) is 5.91 Å². The van der Waals surface area contributed by atoms with E-state index >= 15 is 0 Å². The normalized spacial score (nSPS) is 10.5. The Kier molecular flexibility index (Phi) is 6.74. The van der Waals surface area contributed by atoms with E-state index < -0.39 is 0 Å². The number of rotatable bonds is 7. The molecule has 2 N–H and O–H groups in total. The molecular formula is C21H25N7O2. The van der Waals surface area contributed by atoms with E-state index in [1.807, 2.05) is 62.4 Å². The Bertz CT molecular complexity index is 1020. The summed E-state index contributed by atoms with van der Waals surface area (Å²) in [6.45, 7) is 4.50. The van der Waals surface area contributed by atoms with Crippen LogP contribution in [0.3, 0.4) is 0 Å². The summed E-state index contributed by atoms with van der Waals surface area (Å²) in [5.41, 5.74) is 3.46. The molecule has 30 heavy (non-hydrogen) atoms. The third-order valence-corrected chi connectivity index (χ3v) is 4.58. The van der Waals surface area contributed by atoms with Gasteiger partial charge in [-0.2, -0.15) is 4.68 Å². The quantitative estimate of drug-likeness (QED) is 0.626. The first-order valence-electron chi connectivity index (χ1n) is 9.63. The summed E-state index contributed by atoms with van der Waals surface area (Å²) in [5.74, 6) is 0.466. The number of benzene rings is 2. The van der Waals surface area contributed by atoms with Gasteiger partial charge in [0, 0.05) is 32.2 Å². The van der Waals surface area contributed by atoms with Crippen molar-refractivity contribution in [2.24, 2.45) is 0 Å². The molecule has 0 spiro atoms. The standard InChI is InChI=1S/C21H25N7O2/c1-15-9-10-18(13-19(15)28-16(2)24-25-26-28)23-20(29)11-12-22-21(30)27(3)14-17-7-5-4-6-8-17/h4-10,13H,11-12,14H2,1-3H3,(H,22,30)(H,23,29). The van der Waals surface area contributed by atoms with Crippen molar-refractivity contribution in [3.63, 3.8) is 0 Å². The summed E-state index contributed by atoms with van der Waals surface area (Å²) >= 11 is 0. The number of nitrogens with one attached hydrogen (secondary N) is 2. The van der Waals surface area contributed by atoms with Crippen molar-refractivity contribution in [2.45, 2.75) is 26.8 Å². The van der Waals surface area contributed by atoms with Crippen LogP contribution in [0.2, 0.25) is 0 Å². The van der Waals surface area contributed by atoms with E-state index in [4.69, 9.17) is 0 Å². The van der Waals surface area contributed by atoms with Crippen LogP contribution in [-0.4, -0.2) is 50.6 Å². The minimum atomic E-state index is -0.224. The minimum Gasteiger partial charge on any atom is -0.337 e. The number of urea groups is 1. The first kappa shape index (κ1) is 21.0. The zero-order valence-corrected chi connectivity index (χ0v) is 17.3. The highest BCUT2D eigenvalue weighted by atomic mass is 16.2. The van der Waals surface area contributed by atoms with E-state index in [-0.39, 0.29) is 24.9 Å². The van der Waals surface area contributed by atoms with Crippen LogP contribution in [0.5, 0.6) is 0 Å². The van der Waals surface area contributed by atoms with Gasteiger partial charge in [-0.25, -0.2) is 4.79 Å². The van der Waals surface area contributed by atoms with E-state index in [1.165, 1.54) is 0 Å². The molecule has 0 aliphatic heterocycles. The second kappa shape index (κ2) is 9.64. The van der Waals surface area contributed by atoms with Crippen LogP contribution in [0.25, 0.3) is 5.69 Å². The lowest BCUT2D eigenvalue weighted by molar-refractivity contribution is -0.116. The van der Waals surface area contributed by atoms with E-state index in [2.05, 4.69) is 26.2 Å². The predicted molar refractivity (Wildman–Crippen MR) is 113 cm³/mol. The lowest BCUT2D eigenvalue weighted by atomic mass is 10.1. The monoisotopic (exact) mass is 407 g/mol. The first-order chi connectivity index (χ1) is 14.4. The van der Waals surface area contributed by atoms with Gasteiger partial charge in [0.15, 0.2) is 5.82 Å². The van der Waals surface area contributed by atoms with Gasteiger partial charge in [-0.3, -0.25) is 4.79 Å². The Balaban J connectivity index is 1.49. The molecule has 3 amide bonds. The molecule has 0 aliphatic carbocycles. The molecule has 2 aromatic carbocycles. The molecule has 0 saturated carbocycles. The summed E-state index contributed by atoms with van der Waals surface area (Å²) < 4.78 is 1.62. The number of tetrazole rings is 1. The first-order valence-corrected chi connectivity index (χ1v) is 9.63. The summed E-state index contributed by atoms with van der Waals surface area (Å²) in [7, 11) is 1.72. The lowest BCUT2D eigenvalue weighted by Gasteiger charge is -2.18. The molecular weight excluding hydrogens is 382 g/mol. The lowest BCUT2D eigenvalue weighted by Crippen LogP contribution is -2.38. The number of hydrogen-bond acceptors (Lipinski definition) is 5. The van der Waals surface area contributed by atoms with Crippen molar-refractivity contribution in [1.29, 1.82) is 0 Å². The van der Waals surface area contributed by atoms with Crippen molar-refractivity contribution in [1.82, 2.24) is 30.4 Å². The zero-order chi connectivity index (χ0) is 21.5. The molecule has 0 fully saturated rings. The highest BCUT2D eigenvalue weighted by Crippen LogP contribution is 2.19. The minimum absolute atomic E-state index is 0.165. The second-order valence-corrected chi connectivity index (χ2v) is 7.01. The van der Waals surface area contributed by atoms with Gasteiger partial charge < -0.3 is 15.5 Å². The second-order valence-electron chi connectivity index (χ2n) is 7.01. The Labute approximate surface area is 175 Å². The zero-order valence-electron chi connectivity index (χ0n) is 17.3. The average molecular weight is 407 g/mol. The molecule has 156 valence electrons. The maximum atomic E-state index is 12.3. The predicted octanol–water partition coefficient (Wildman–Crippen LogP) is 2.45. The topological polar surface area (TPSA) is 105 Å². The van der Waals surface area contributed by atoms with E-state index in [0.717, 1.165) is 16.8 Å². The molecule has 0 radical (unpaired) electrons. The van der Waals surface area contributed by atoms with Crippen LogP contribution in [-0.2, 0) is 11.3 Å². The summed E-state index contributed by atoms with van der Waals surface area (Å²) in [4.78, 5) is 26.1. The average Bonchev–Trinajstić information content (AvgIpc) is 3.15. The number of amides is 3. The van der Waals surface area contributed by atoms with E-state index in [9.17, 15) is 9.59 Å². The summed E-state index contributed by atoms with van der Waals surface area (Å²) in [6, 6.07) is 15.0. The van der Waals surface area contributed by atoms with Crippen molar-refractivity contribution in [3.8, 4) is 5.69 Å². The number of aryl methyl sites for hydroxylation is 2. The van der Waals surface area contributed by atoms with Crippen molar-refractivity contribution < 1.29 is 9.59 Å². The van der Waals surface area contributed by atoms with Crippen molar-refractivity contribution >= 4 is 17.6 Å². The third kappa shape index (κ3) is 5.40. The van der Waals surface area contributed by atoms with Crippen LogP contribution in [0.4, 0.5) is 10.5 Å².